The summed E-state index contributed by atoms with van der Waals surface area (Å²) in [6.45, 7) is 0.168. The van der Waals surface area contributed by atoms with Gasteiger partial charge in [0.15, 0.2) is 6.61 Å². The molecule has 3 aromatic rings. The molecule has 1 aliphatic rings. The van der Waals surface area contributed by atoms with Gasteiger partial charge < -0.3 is 15.0 Å². The maximum atomic E-state index is 12.7. The Morgan fingerprint density at radius 3 is 2.55 bits per heavy atom. The van der Waals surface area contributed by atoms with E-state index in [1.165, 1.54) is 12.1 Å². The van der Waals surface area contributed by atoms with Crippen LogP contribution in [0.3, 0.4) is 0 Å². The number of benzene rings is 3. The standard InChI is InChI=1S/C23H19N3O5/c27-22(25-13-12-16-14-18(26(29)30)10-11-20(16)25)15-31-21-9-5-4-8-19(21)23(28)24-17-6-2-1-3-7-17/h1-11,14H,12-13,15H2,(H,24,28). The Labute approximate surface area is 178 Å². The van der Waals surface area contributed by atoms with Gasteiger partial charge in [0.2, 0.25) is 0 Å². The van der Waals surface area contributed by atoms with Crippen LogP contribution in [0, 0.1) is 10.1 Å². The third-order valence-corrected chi connectivity index (χ3v) is 4.98. The van der Waals surface area contributed by atoms with E-state index in [1.807, 2.05) is 18.2 Å². The topological polar surface area (TPSA) is 102 Å². The molecule has 4 rings (SSSR count). The Balaban J connectivity index is 1.44. The van der Waals surface area contributed by atoms with E-state index >= 15 is 0 Å². The first-order chi connectivity index (χ1) is 15.0. The van der Waals surface area contributed by atoms with E-state index in [-0.39, 0.29) is 24.1 Å². The summed E-state index contributed by atoms with van der Waals surface area (Å²) < 4.78 is 5.69. The van der Waals surface area contributed by atoms with Crippen molar-refractivity contribution in [3.63, 3.8) is 0 Å². The average Bonchev–Trinajstić information content (AvgIpc) is 3.21. The molecule has 0 unspecified atom stereocenters. The van der Waals surface area contributed by atoms with Crippen LogP contribution in [0.4, 0.5) is 17.1 Å². The second-order valence-corrected chi connectivity index (χ2v) is 6.97. The minimum atomic E-state index is -0.453. The molecular formula is C23H19N3O5. The first-order valence-electron chi connectivity index (χ1n) is 9.69. The highest BCUT2D eigenvalue weighted by molar-refractivity contribution is 6.06. The number of ether oxygens (including phenoxy) is 1. The lowest BCUT2D eigenvalue weighted by Crippen LogP contribution is -2.33. The highest BCUT2D eigenvalue weighted by atomic mass is 16.6. The summed E-state index contributed by atoms with van der Waals surface area (Å²) in [5.41, 5.74) is 2.37. The molecule has 0 atom stereocenters. The number of para-hydroxylation sites is 2. The summed E-state index contributed by atoms with van der Waals surface area (Å²) in [5, 5.41) is 13.7. The summed E-state index contributed by atoms with van der Waals surface area (Å²) in [7, 11) is 0. The summed E-state index contributed by atoms with van der Waals surface area (Å²) in [4.78, 5) is 37.4. The van der Waals surface area contributed by atoms with E-state index in [0.717, 1.165) is 5.56 Å². The highest BCUT2D eigenvalue weighted by Crippen LogP contribution is 2.31. The molecule has 31 heavy (non-hydrogen) atoms. The quantitative estimate of drug-likeness (QED) is 0.485. The number of rotatable bonds is 6. The highest BCUT2D eigenvalue weighted by Gasteiger charge is 2.27. The van der Waals surface area contributed by atoms with E-state index in [1.54, 1.807) is 47.4 Å². The molecule has 3 aromatic carbocycles. The van der Waals surface area contributed by atoms with Crippen molar-refractivity contribution in [2.45, 2.75) is 6.42 Å². The van der Waals surface area contributed by atoms with Crippen LogP contribution in [-0.4, -0.2) is 29.9 Å². The van der Waals surface area contributed by atoms with Gasteiger partial charge in [-0.25, -0.2) is 0 Å². The van der Waals surface area contributed by atoms with Crippen LogP contribution in [-0.2, 0) is 11.2 Å². The number of nitro groups is 1. The van der Waals surface area contributed by atoms with Crippen molar-refractivity contribution in [3.05, 3.63) is 94.0 Å². The van der Waals surface area contributed by atoms with Gasteiger partial charge in [-0.2, -0.15) is 0 Å². The van der Waals surface area contributed by atoms with E-state index in [2.05, 4.69) is 5.32 Å². The molecular weight excluding hydrogens is 398 g/mol. The molecule has 0 radical (unpaired) electrons. The van der Waals surface area contributed by atoms with E-state index < -0.39 is 4.92 Å². The predicted octanol–water partition coefficient (Wildman–Crippen LogP) is 3.82. The fraction of sp³-hybridized carbons (Fsp3) is 0.130. The molecule has 1 N–H and O–H groups in total. The number of nitrogens with zero attached hydrogens (tertiary/aromatic N) is 2. The van der Waals surface area contributed by atoms with Gasteiger partial charge in [-0.3, -0.25) is 19.7 Å². The molecule has 0 saturated carbocycles. The van der Waals surface area contributed by atoms with Crippen LogP contribution >= 0.6 is 0 Å². The van der Waals surface area contributed by atoms with Crippen LogP contribution in [0.25, 0.3) is 0 Å². The largest absolute Gasteiger partial charge is 0.483 e. The number of hydrogen-bond donors (Lipinski definition) is 1. The predicted molar refractivity (Wildman–Crippen MR) is 115 cm³/mol. The van der Waals surface area contributed by atoms with E-state index in [0.29, 0.717) is 35.7 Å². The van der Waals surface area contributed by atoms with Crippen molar-refractivity contribution in [1.29, 1.82) is 0 Å². The number of fused-ring (bicyclic) bond motifs is 1. The van der Waals surface area contributed by atoms with Crippen LogP contribution in [0.5, 0.6) is 5.75 Å². The molecule has 1 aliphatic heterocycles. The summed E-state index contributed by atoms with van der Waals surface area (Å²) >= 11 is 0. The Bertz CT molecular complexity index is 1150. The first kappa shape index (κ1) is 20.1. The molecule has 8 heteroatoms. The number of hydrogen-bond acceptors (Lipinski definition) is 5. The smallest absolute Gasteiger partial charge is 0.269 e. The molecule has 0 fully saturated rings. The number of non-ortho nitro benzene ring substituents is 1. The van der Waals surface area contributed by atoms with Gasteiger partial charge in [0.1, 0.15) is 5.75 Å². The van der Waals surface area contributed by atoms with E-state index in [4.69, 9.17) is 4.74 Å². The van der Waals surface area contributed by atoms with Gasteiger partial charge in [-0.05, 0) is 42.3 Å². The monoisotopic (exact) mass is 417 g/mol. The summed E-state index contributed by atoms with van der Waals surface area (Å²) in [6, 6.07) is 20.2. The van der Waals surface area contributed by atoms with E-state index in [9.17, 15) is 19.7 Å². The molecule has 2 amide bonds. The Hall–Kier alpha value is -4.20. The maximum Gasteiger partial charge on any atom is 0.269 e. The number of nitrogens with one attached hydrogen (secondary N) is 1. The average molecular weight is 417 g/mol. The second kappa shape index (κ2) is 8.66. The second-order valence-electron chi connectivity index (χ2n) is 6.97. The lowest BCUT2D eigenvalue weighted by atomic mass is 10.1. The number of nitro benzene ring substituents is 1. The fourth-order valence-electron chi connectivity index (χ4n) is 3.48. The van der Waals surface area contributed by atoms with Crippen molar-refractivity contribution >= 4 is 28.9 Å². The normalized spacial score (nSPS) is 12.2. The van der Waals surface area contributed by atoms with Gasteiger partial charge in [0.05, 0.1) is 10.5 Å². The van der Waals surface area contributed by atoms with Crippen molar-refractivity contribution in [2.75, 3.05) is 23.4 Å². The molecule has 0 aromatic heterocycles. The maximum absolute atomic E-state index is 12.7. The molecule has 0 aliphatic carbocycles. The van der Waals surface area contributed by atoms with Crippen LogP contribution in [0.2, 0.25) is 0 Å². The van der Waals surface area contributed by atoms with Gasteiger partial charge in [0, 0.05) is 30.1 Å². The third kappa shape index (κ3) is 4.37. The summed E-state index contributed by atoms with van der Waals surface area (Å²) in [6.07, 6.45) is 0.540. The van der Waals surface area contributed by atoms with Crippen LogP contribution in [0.1, 0.15) is 15.9 Å². The van der Waals surface area contributed by atoms with Gasteiger partial charge >= 0.3 is 0 Å². The molecule has 0 bridgehead atoms. The number of carbonyl (C=O) groups is 2. The zero-order valence-corrected chi connectivity index (χ0v) is 16.5. The zero-order chi connectivity index (χ0) is 21.8. The number of carbonyl (C=O) groups excluding carboxylic acids is 2. The van der Waals surface area contributed by atoms with Gasteiger partial charge in [-0.15, -0.1) is 0 Å². The van der Waals surface area contributed by atoms with Crippen molar-refractivity contribution < 1.29 is 19.2 Å². The molecule has 0 saturated heterocycles. The van der Waals surface area contributed by atoms with Crippen LogP contribution in [0.15, 0.2) is 72.8 Å². The molecule has 8 nitrogen and oxygen atoms in total. The molecule has 0 spiro atoms. The van der Waals surface area contributed by atoms with Crippen molar-refractivity contribution in [3.8, 4) is 5.75 Å². The number of anilines is 2. The van der Waals surface area contributed by atoms with Crippen molar-refractivity contribution in [1.82, 2.24) is 0 Å². The summed E-state index contributed by atoms with van der Waals surface area (Å²) in [5.74, 6) is -0.327. The van der Waals surface area contributed by atoms with Crippen LogP contribution < -0.4 is 15.0 Å². The Kier molecular flexibility index (Phi) is 5.61. The molecule has 156 valence electrons. The van der Waals surface area contributed by atoms with Gasteiger partial charge in [-0.1, -0.05) is 30.3 Å². The lowest BCUT2D eigenvalue weighted by molar-refractivity contribution is -0.384. The minimum absolute atomic E-state index is 0.00246. The zero-order valence-electron chi connectivity index (χ0n) is 16.5. The molecule has 1 heterocycles. The fourth-order valence-corrected chi connectivity index (χ4v) is 3.48. The van der Waals surface area contributed by atoms with Gasteiger partial charge in [0.25, 0.3) is 17.5 Å². The first-order valence-corrected chi connectivity index (χ1v) is 9.69. The third-order valence-electron chi connectivity index (χ3n) is 4.98. The number of amides is 2. The Morgan fingerprint density at radius 1 is 1.03 bits per heavy atom. The van der Waals surface area contributed by atoms with Crippen molar-refractivity contribution in [2.24, 2.45) is 0 Å². The minimum Gasteiger partial charge on any atom is -0.483 e. The Morgan fingerprint density at radius 2 is 1.77 bits per heavy atom. The lowest BCUT2D eigenvalue weighted by Gasteiger charge is -2.18. The SMILES string of the molecule is O=C(Nc1ccccc1)c1ccccc1OCC(=O)N1CCc2cc([N+](=O)[O-])ccc21.